The number of hydrogen-bond donors (Lipinski definition) is 0. The number of para-hydroxylation sites is 1. The molecule has 8 rings (SSSR count). The molecule has 0 amide bonds. The van der Waals surface area contributed by atoms with Crippen molar-refractivity contribution in [3.63, 3.8) is 0 Å². The topological polar surface area (TPSA) is 12.6 Å². The quantitative estimate of drug-likeness (QED) is 0.200. The molecule has 0 radical (unpaired) electrons. The lowest BCUT2D eigenvalue weighted by atomic mass is 10.0. The van der Waals surface area contributed by atoms with Crippen LogP contribution in [-0.2, 0) is 6.42 Å². The molecule has 5 aromatic carbocycles. The van der Waals surface area contributed by atoms with E-state index < -0.39 is 0 Å². The van der Waals surface area contributed by atoms with Gasteiger partial charge in [-0.2, -0.15) is 0 Å². The molecule has 0 aliphatic carbocycles. The van der Waals surface area contributed by atoms with Crippen LogP contribution in [0.2, 0.25) is 0 Å². The Hall–Kier alpha value is -4.76. The summed E-state index contributed by atoms with van der Waals surface area (Å²) in [6.45, 7) is 15.9. The molecule has 218 valence electrons. The van der Waals surface area contributed by atoms with Crippen molar-refractivity contribution in [2.45, 2.75) is 61.1 Å². The molecule has 2 aromatic heterocycles. The monoisotopic (exact) mass is 573 g/mol. The summed E-state index contributed by atoms with van der Waals surface area (Å²) < 4.78 is 5.17. The van der Waals surface area contributed by atoms with Gasteiger partial charge in [0.2, 0.25) is 0 Å². The molecule has 0 N–H and O–H groups in total. The zero-order chi connectivity index (χ0) is 30.4. The lowest BCUT2D eigenvalue weighted by molar-refractivity contribution is 0.596. The second-order valence-electron chi connectivity index (χ2n) is 12.8. The summed E-state index contributed by atoms with van der Waals surface area (Å²) in [6, 6.07) is 32.1. The highest BCUT2D eigenvalue weighted by atomic mass is 15.3. The van der Waals surface area contributed by atoms with Gasteiger partial charge >= 0.3 is 0 Å². The third-order valence-corrected chi connectivity index (χ3v) is 10.0. The van der Waals surface area contributed by atoms with E-state index in [2.05, 4.69) is 153 Å². The van der Waals surface area contributed by atoms with Gasteiger partial charge in [-0.25, -0.2) is 0 Å². The molecule has 44 heavy (non-hydrogen) atoms. The standard InChI is InChI=1S/C41H39N3/c1-8-30-14-12-17-35(28(30)6)42-23-38-33-21-25(3)20-32-31-15-9-10-16-36(31)44(41(32)33)37-18-11-13-26(4)39(37)34-22-24(2)19-27(5)40(34)43(38)29(42)7/h9-23,29H,8H2,1-7H3/t29-/m1/s1. The number of fused-ring (bicyclic) bond motifs is 10. The lowest BCUT2D eigenvalue weighted by Gasteiger charge is -2.28. The van der Waals surface area contributed by atoms with E-state index in [0.29, 0.717) is 0 Å². The molecule has 1 aliphatic rings. The average molecular weight is 574 g/mol. The van der Waals surface area contributed by atoms with E-state index in [9.17, 15) is 0 Å². The maximum Gasteiger partial charge on any atom is 0.108 e. The Labute approximate surface area is 258 Å². The molecule has 7 aromatic rings. The number of anilines is 1. The van der Waals surface area contributed by atoms with Crippen molar-refractivity contribution in [3.05, 3.63) is 124 Å². The fraction of sp³-hybridized carbons (Fsp3) is 0.220. The molecular weight excluding hydrogens is 534 g/mol. The number of benzene rings is 5. The molecule has 0 spiro atoms. The van der Waals surface area contributed by atoms with E-state index >= 15 is 0 Å². The Morgan fingerprint density at radius 2 is 1.34 bits per heavy atom. The Morgan fingerprint density at radius 3 is 2.16 bits per heavy atom. The normalized spacial score (nSPS) is 14.7. The Balaban J connectivity index is 1.75. The highest BCUT2D eigenvalue weighted by Crippen LogP contribution is 2.39. The molecule has 1 atom stereocenters. The molecule has 3 heteroatoms. The first-order chi connectivity index (χ1) is 21.3. The van der Waals surface area contributed by atoms with Crippen LogP contribution in [0, 0.1) is 34.6 Å². The summed E-state index contributed by atoms with van der Waals surface area (Å²) in [6.07, 6.45) is 3.53. The van der Waals surface area contributed by atoms with Crippen molar-refractivity contribution in [2.24, 2.45) is 0 Å². The highest BCUT2D eigenvalue weighted by molar-refractivity contribution is 6.17. The van der Waals surface area contributed by atoms with E-state index in [1.165, 1.54) is 93.4 Å². The fourth-order valence-electron chi connectivity index (χ4n) is 8.08. The zero-order valence-electron chi connectivity index (χ0n) is 26.8. The molecule has 3 heterocycles. The maximum atomic E-state index is 2.62. The summed E-state index contributed by atoms with van der Waals surface area (Å²) >= 11 is 0. The van der Waals surface area contributed by atoms with Gasteiger partial charge in [-0.3, -0.25) is 0 Å². The lowest BCUT2D eigenvalue weighted by Crippen LogP contribution is -2.24. The van der Waals surface area contributed by atoms with Crippen LogP contribution < -0.4 is 10.2 Å². The maximum absolute atomic E-state index is 2.62. The first-order valence-corrected chi connectivity index (χ1v) is 15.9. The number of hydrogen-bond acceptors (Lipinski definition) is 1. The van der Waals surface area contributed by atoms with Crippen LogP contribution in [0.15, 0.2) is 84.9 Å². The van der Waals surface area contributed by atoms with Gasteiger partial charge in [0.1, 0.15) is 6.17 Å². The van der Waals surface area contributed by atoms with Crippen molar-refractivity contribution in [3.8, 4) is 0 Å². The van der Waals surface area contributed by atoms with Crippen molar-refractivity contribution >= 4 is 60.9 Å². The SMILES string of the molecule is CCc1cccc(N2C=c3c4cc(C)cc5c6ccccc6n(c6cccc(C)c6c6cc(C)cc(C)c6n3[C@@H]2C)c45)c1C. The summed E-state index contributed by atoms with van der Waals surface area (Å²) in [4.78, 5) is 2.51. The summed E-state index contributed by atoms with van der Waals surface area (Å²) in [5, 5.41) is 7.72. The van der Waals surface area contributed by atoms with E-state index in [-0.39, 0.29) is 6.17 Å². The van der Waals surface area contributed by atoms with Crippen LogP contribution in [0.1, 0.15) is 53.4 Å². The van der Waals surface area contributed by atoms with Gasteiger partial charge in [-0.15, -0.1) is 0 Å². The minimum Gasteiger partial charge on any atom is -0.325 e. The van der Waals surface area contributed by atoms with Crippen molar-refractivity contribution < 1.29 is 0 Å². The van der Waals surface area contributed by atoms with Crippen LogP contribution in [0.4, 0.5) is 5.69 Å². The fourth-order valence-corrected chi connectivity index (χ4v) is 8.08. The predicted octanol–water partition coefficient (Wildman–Crippen LogP) is 10.1. The Bertz CT molecular complexity index is 2450. The Kier molecular flexibility index (Phi) is 5.87. The largest absolute Gasteiger partial charge is 0.325 e. The minimum atomic E-state index is 0.0786. The first kappa shape index (κ1) is 26.8. The first-order valence-electron chi connectivity index (χ1n) is 15.9. The van der Waals surface area contributed by atoms with E-state index in [1.807, 2.05) is 0 Å². The van der Waals surface area contributed by atoms with E-state index in [1.54, 1.807) is 0 Å². The average Bonchev–Trinajstić information content (AvgIpc) is 3.51. The Morgan fingerprint density at radius 1 is 0.636 bits per heavy atom. The van der Waals surface area contributed by atoms with E-state index in [4.69, 9.17) is 0 Å². The third kappa shape index (κ3) is 3.62. The highest BCUT2D eigenvalue weighted by Gasteiger charge is 2.26. The smallest absolute Gasteiger partial charge is 0.108 e. The minimum absolute atomic E-state index is 0.0786. The predicted molar refractivity (Wildman–Crippen MR) is 189 cm³/mol. The molecular formula is C41H39N3. The summed E-state index contributed by atoms with van der Waals surface area (Å²) in [7, 11) is 0. The number of nitrogens with zero attached hydrogens (tertiary/aromatic N) is 3. The number of aryl methyl sites for hydroxylation is 5. The summed E-state index contributed by atoms with van der Waals surface area (Å²) in [5.74, 6) is 0. The zero-order valence-corrected chi connectivity index (χ0v) is 26.8. The van der Waals surface area contributed by atoms with Gasteiger partial charge in [0, 0.05) is 38.8 Å². The number of aromatic nitrogens is 2. The van der Waals surface area contributed by atoms with Crippen LogP contribution >= 0.6 is 0 Å². The molecule has 0 fully saturated rings. The molecule has 0 unspecified atom stereocenters. The van der Waals surface area contributed by atoms with Gasteiger partial charge in [0.15, 0.2) is 0 Å². The van der Waals surface area contributed by atoms with Gasteiger partial charge in [0.05, 0.1) is 27.4 Å². The van der Waals surface area contributed by atoms with Crippen LogP contribution in [0.5, 0.6) is 0 Å². The molecule has 0 saturated heterocycles. The summed E-state index contributed by atoms with van der Waals surface area (Å²) in [5.41, 5.74) is 14.2. The number of rotatable bonds is 2. The van der Waals surface area contributed by atoms with Crippen molar-refractivity contribution in [1.29, 1.82) is 0 Å². The molecule has 0 saturated carbocycles. The van der Waals surface area contributed by atoms with Gasteiger partial charge in [-0.1, -0.05) is 61.0 Å². The van der Waals surface area contributed by atoms with Crippen LogP contribution in [0.25, 0.3) is 55.2 Å². The van der Waals surface area contributed by atoms with Gasteiger partial charge < -0.3 is 13.9 Å². The third-order valence-electron chi connectivity index (χ3n) is 10.0. The second kappa shape index (κ2) is 9.62. The van der Waals surface area contributed by atoms with Crippen LogP contribution in [0.3, 0.4) is 0 Å². The second-order valence-corrected chi connectivity index (χ2v) is 12.8. The van der Waals surface area contributed by atoms with Gasteiger partial charge in [-0.05, 0) is 112 Å². The molecule has 1 aliphatic heterocycles. The van der Waals surface area contributed by atoms with Gasteiger partial charge in [0.25, 0.3) is 0 Å². The van der Waals surface area contributed by atoms with Crippen LogP contribution in [-0.4, -0.2) is 8.97 Å². The van der Waals surface area contributed by atoms with Crippen molar-refractivity contribution in [1.82, 2.24) is 8.97 Å². The molecule has 0 bridgehead atoms. The van der Waals surface area contributed by atoms with E-state index in [0.717, 1.165) is 6.42 Å². The van der Waals surface area contributed by atoms with Crippen molar-refractivity contribution in [2.75, 3.05) is 4.90 Å². The molecule has 3 nitrogen and oxygen atoms in total.